The Morgan fingerprint density at radius 3 is 2.89 bits per heavy atom. The van der Waals surface area contributed by atoms with Crippen LogP contribution in [0.25, 0.3) is 0 Å². The van der Waals surface area contributed by atoms with Gasteiger partial charge in [-0.15, -0.1) is 0 Å². The van der Waals surface area contributed by atoms with Crippen LogP contribution in [0.5, 0.6) is 0 Å². The number of likely N-dealkylation sites (tertiary alicyclic amines) is 1. The van der Waals surface area contributed by atoms with Crippen molar-refractivity contribution >= 4 is 0 Å². The highest BCUT2D eigenvalue weighted by Gasteiger charge is 2.11. The highest BCUT2D eigenvalue weighted by atomic mass is 15.1. The Morgan fingerprint density at radius 1 is 1.67 bits per heavy atom. The van der Waals surface area contributed by atoms with Gasteiger partial charge in [-0.05, 0) is 25.0 Å². The van der Waals surface area contributed by atoms with Crippen LogP contribution in [0.1, 0.15) is 19.8 Å². The zero-order valence-electron chi connectivity index (χ0n) is 6.14. The molecule has 9 heavy (non-hydrogen) atoms. The Hall–Kier alpha value is -0.460. The largest absolute Gasteiger partial charge is 0.378 e. The van der Waals surface area contributed by atoms with Crippen molar-refractivity contribution < 1.29 is 0 Å². The van der Waals surface area contributed by atoms with Crippen LogP contribution in [0.15, 0.2) is 12.8 Å². The van der Waals surface area contributed by atoms with Crippen molar-refractivity contribution in [1.29, 1.82) is 0 Å². The van der Waals surface area contributed by atoms with Crippen LogP contribution in [0.3, 0.4) is 0 Å². The van der Waals surface area contributed by atoms with Crippen molar-refractivity contribution in [3.8, 4) is 0 Å². The van der Waals surface area contributed by atoms with Crippen molar-refractivity contribution in [2.45, 2.75) is 19.8 Å². The molecule has 0 aromatic rings. The average molecular weight is 125 g/mol. The summed E-state index contributed by atoms with van der Waals surface area (Å²) in [6.07, 6.45) is 4.69. The minimum Gasteiger partial charge on any atom is -0.378 e. The molecule has 0 saturated carbocycles. The molecular formula is C8H15N. The third kappa shape index (κ3) is 1.74. The monoisotopic (exact) mass is 125 g/mol. The van der Waals surface area contributed by atoms with Gasteiger partial charge in [0.05, 0.1) is 0 Å². The third-order valence-corrected chi connectivity index (χ3v) is 1.95. The second-order valence-electron chi connectivity index (χ2n) is 2.92. The topological polar surface area (TPSA) is 3.24 Å². The number of hydrogen-bond acceptors (Lipinski definition) is 1. The zero-order valence-corrected chi connectivity index (χ0v) is 6.14. The molecule has 1 fully saturated rings. The summed E-state index contributed by atoms with van der Waals surface area (Å²) >= 11 is 0. The normalized spacial score (nSPS) is 28.1. The first-order chi connectivity index (χ1) is 4.33. The van der Waals surface area contributed by atoms with Gasteiger partial charge in [0.15, 0.2) is 0 Å². The summed E-state index contributed by atoms with van der Waals surface area (Å²) in [5.74, 6) is 0.872. The van der Waals surface area contributed by atoms with E-state index in [9.17, 15) is 0 Å². The summed E-state index contributed by atoms with van der Waals surface area (Å²) in [6.45, 7) is 8.47. The van der Waals surface area contributed by atoms with Crippen LogP contribution >= 0.6 is 0 Å². The molecule has 0 spiro atoms. The van der Waals surface area contributed by atoms with Gasteiger partial charge >= 0.3 is 0 Å². The van der Waals surface area contributed by atoms with Crippen LogP contribution in [0.4, 0.5) is 0 Å². The predicted octanol–water partition coefficient (Wildman–Crippen LogP) is 1.86. The van der Waals surface area contributed by atoms with E-state index < -0.39 is 0 Å². The molecule has 0 N–H and O–H groups in total. The first-order valence-electron chi connectivity index (χ1n) is 3.69. The molecule has 0 aromatic carbocycles. The average Bonchev–Trinajstić information content (AvgIpc) is 1.88. The molecule has 1 saturated heterocycles. The Balaban J connectivity index is 2.31. The van der Waals surface area contributed by atoms with E-state index in [2.05, 4.69) is 18.4 Å². The zero-order chi connectivity index (χ0) is 6.69. The maximum atomic E-state index is 3.74. The Bertz CT molecular complexity index is 98.7. The molecule has 1 aliphatic rings. The highest BCUT2D eigenvalue weighted by Crippen LogP contribution is 2.14. The van der Waals surface area contributed by atoms with E-state index in [4.69, 9.17) is 0 Å². The molecule has 1 heterocycles. The lowest BCUT2D eigenvalue weighted by molar-refractivity contribution is 0.248. The fraction of sp³-hybridized carbons (Fsp3) is 0.750. The van der Waals surface area contributed by atoms with Gasteiger partial charge in [0.1, 0.15) is 0 Å². The van der Waals surface area contributed by atoms with Crippen molar-refractivity contribution in [2.75, 3.05) is 13.1 Å². The maximum Gasteiger partial charge on any atom is 0.0197 e. The van der Waals surface area contributed by atoms with Crippen LogP contribution in [-0.4, -0.2) is 18.0 Å². The molecule has 1 heteroatoms. The maximum absolute atomic E-state index is 3.74. The molecular weight excluding hydrogens is 110 g/mol. The lowest BCUT2D eigenvalue weighted by Gasteiger charge is -2.29. The number of piperidine rings is 1. The summed E-state index contributed by atoms with van der Waals surface area (Å²) in [4.78, 5) is 2.30. The quantitative estimate of drug-likeness (QED) is 0.517. The summed E-state index contributed by atoms with van der Waals surface area (Å²) in [5.41, 5.74) is 0. The Labute approximate surface area is 57.4 Å². The van der Waals surface area contributed by atoms with Crippen LogP contribution in [-0.2, 0) is 0 Å². The van der Waals surface area contributed by atoms with E-state index >= 15 is 0 Å². The van der Waals surface area contributed by atoms with E-state index in [-0.39, 0.29) is 0 Å². The van der Waals surface area contributed by atoms with E-state index in [1.165, 1.54) is 25.9 Å². The van der Waals surface area contributed by atoms with Gasteiger partial charge in [0.2, 0.25) is 0 Å². The van der Waals surface area contributed by atoms with E-state index in [0.717, 1.165) is 5.92 Å². The van der Waals surface area contributed by atoms with Gasteiger partial charge in [-0.3, -0.25) is 0 Å². The predicted molar refractivity (Wildman–Crippen MR) is 40.2 cm³/mol. The SMILES string of the molecule is C=CN1CCCC(C)C1. The van der Waals surface area contributed by atoms with Crippen molar-refractivity contribution in [1.82, 2.24) is 4.90 Å². The first kappa shape index (κ1) is 6.66. The van der Waals surface area contributed by atoms with Crippen LogP contribution in [0.2, 0.25) is 0 Å². The molecule has 0 aliphatic carbocycles. The highest BCUT2D eigenvalue weighted by molar-refractivity contribution is 4.77. The van der Waals surface area contributed by atoms with Crippen LogP contribution in [0, 0.1) is 5.92 Å². The van der Waals surface area contributed by atoms with Crippen molar-refractivity contribution in [3.05, 3.63) is 12.8 Å². The number of rotatable bonds is 1. The Morgan fingerprint density at radius 2 is 2.44 bits per heavy atom. The molecule has 1 nitrogen and oxygen atoms in total. The molecule has 0 aromatic heterocycles. The molecule has 1 aliphatic heterocycles. The van der Waals surface area contributed by atoms with Crippen molar-refractivity contribution in [3.63, 3.8) is 0 Å². The second kappa shape index (κ2) is 2.90. The van der Waals surface area contributed by atoms with Gasteiger partial charge in [-0.25, -0.2) is 0 Å². The van der Waals surface area contributed by atoms with E-state index in [1.54, 1.807) is 0 Å². The van der Waals surface area contributed by atoms with Crippen LogP contribution < -0.4 is 0 Å². The number of nitrogens with zero attached hydrogens (tertiary/aromatic N) is 1. The second-order valence-corrected chi connectivity index (χ2v) is 2.92. The third-order valence-electron chi connectivity index (χ3n) is 1.95. The summed E-state index contributed by atoms with van der Waals surface area (Å²) in [5, 5.41) is 0. The minimum atomic E-state index is 0.872. The molecule has 1 unspecified atom stereocenters. The van der Waals surface area contributed by atoms with Crippen molar-refractivity contribution in [2.24, 2.45) is 5.92 Å². The molecule has 1 atom stereocenters. The molecule has 0 bridgehead atoms. The lowest BCUT2D eigenvalue weighted by Crippen LogP contribution is -2.29. The fourth-order valence-corrected chi connectivity index (χ4v) is 1.39. The van der Waals surface area contributed by atoms with Gasteiger partial charge in [-0.1, -0.05) is 13.5 Å². The molecule has 1 rings (SSSR count). The fourth-order valence-electron chi connectivity index (χ4n) is 1.39. The summed E-state index contributed by atoms with van der Waals surface area (Å²) in [6, 6.07) is 0. The van der Waals surface area contributed by atoms with Gasteiger partial charge < -0.3 is 4.90 Å². The smallest absolute Gasteiger partial charge is 0.0197 e. The lowest BCUT2D eigenvalue weighted by atomic mass is 10.0. The molecule has 52 valence electrons. The number of hydrogen-bond donors (Lipinski definition) is 0. The molecule has 0 radical (unpaired) electrons. The summed E-state index contributed by atoms with van der Waals surface area (Å²) in [7, 11) is 0. The summed E-state index contributed by atoms with van der Waals surface area (Å²) < 4.78 is 0. The van der Waals surface area contributed by atoms with E-state index in [0.29, 0.717) is 0 Å². The minimum absolute atomic E-state index is 0.872. The van der Waals surface area contributed by atoms with Gasteiger partial charge in [-0.2, -0.15) is 0 Å². The standard InChI is InChI=1S/C8H15N/c1-3-9-6-4-5-8(2)7-9/h3,8H,1,4-7H2,2H3. The van der Waals surface area contributed by atoms with E-state index in [1.807, 2.05) is 6.20 Å². The first-order valence-corrected chi connectivity index (χ1v) is 3.69. The van der Waals surface area contributed by atoms with Gasteiger partial charge in [0, 0.05) is 13.1 Å². The molecule has 0 amide bonds. The Kier molecular flexibility index (Phi) is 2.15. The van der Waals surface area contributed by atoms with Gasteiger partial charge in [0.25, 0.3) is 0 Å².